The van der Waals surface area contributed by atoms with Gasteiger partial charge in [0.25, 0.3) is 5.91 Å². The summed E-state index contributed by atoms with van der Waals surface area (Å²) in [7, 11) is 0. The predicted molar refractivity (Wildman–Crippen MR) is 82.0 cm³/mol. The minimum Gasteiger partial charge on any atom is -0.343 e. The van der Waals surface area contributed by atoms with Gasteiger partial charge in [-0.15, -0.1) is 0 Å². The van der Waals surface area contributed by atoms with Crippen molar-refractivity contribution in [2.75, 3.05) is 0 Å². The van der Waals surface area contributed by atoms with Gasteiger partial charge >= 0.3 is 0 Å². The maximum atomic E-state index is 13.6. The van der Waals surface area contributed by atoms with Gasteiger partial charge in [-0.25, -0.2) is 13.2 Å². The van der Waals surface area contributed by atoms with E-state index in [4.69, 9.17) is 4.52 Å². The van der Waals surface area contributed by atoms with Gasteiger partial charge in [0, 0.05) is 5.56 Å². The van der Waals surface area contributed by atoms with E-state index in [-0.39, 0.29) is 12.4 Å². The van der Waals surface area contributed by atoms with E-state index in [2.05, 4.69) is 15.5 Å². The van der Waals surface area contributed by atoms with Gasteiger partial charge in [-0.2, -0.15) is 4.98 Å². The van der Waals surface area contributed by atoms with Crippen LogP contribution in [0.1, 0.15) is 21.8 Å². The molecule has 0 saturated heterocycles. The number of nitrogens with one attached hydrogen (secondary N) is 1. The summed E-state index contributed by atoms with van der Waals surface area (Å²) in [6.07, 6.45) is 0. The molecule has 1 amide bonds. The molecule has 2 aromatic carbocycles. The highest BCUT2D eigenvalue weighted by Crippen LogP contribution is 2.17. The molecular weight excluding hydrogens is 335 g/mol. The predicted octanol–water partition coefficient (Wildman–Crippen LogP) is 3.39. The molecule has 1 heterocycles. The topological polar surface area (TPSA) is 68.0 Å². The van der Waals surface area contributed by atoms with E-state index >= 15 is 0 Å². The maximum absolute atomic E-state index is 13.6. The molecule has 1 aromatic heterocycles. The van der Waals surface area contributed by atoms with Crippen molar-refractivity contribution < 1.29 is 22.5 Å². The number of aromatic nitrogens is 2. The molecule has 0 aliphatic heterocycles. The summed E-state index contributed by atoms with van der Waals surface area (Å²) in [5.41, 5.74) is 1.20. The highest BCUT2D eigenvalue weighted by Gasteiger charge is 2.19. The third-order valence-corrected chi connectivity index (χ3v) is 3.46. The first-order chi connectivity index (χ1) is 12.0. The lowest BCUT2D eigenvalue weighted by atomic mass is 10.1. The Morgan fingerprint density at radius 2 is 1.80 bits per heavy atom. The standard InChI is InChI=1S/C17H12F3N3O2/c1-9-2-4-10(5-3-9)16-22-13(25-23-16)8-21-17(24)11-6-7-12(18)15(20)14(11)19/h2-7H,8H2,1H3,(H,21,24). The summed E-state index contributed by atoms with van der Waals surface area (Å²) in [5, 5.41) is 6.10. The zero-order valence-corrected chi connectivity index (χ0v) is 13.0. The number of hydrogen-bond donors (Lipinski definition) is 1. The van der Waals surface area contributed by atoms with Gasteiger partial charge in [-0.1, -0.05) is 35.0 Å². The fourth-order valence-electron chi connectivity index (χ4n) is 2.10. The van der Waals surface area contributed by atoms with Crippen LogP contribution in [0.4, 0.5) is 13.2 Å². The van der Waals surface area contributed by atoms with Gasteiger partial charge in [-0.05, 0) is 19.1 Å². The summed E-state index contributed by atoms with van der Waals surface area (Å²) in [6.45, 7) is 1.76. The zero-order valence-electron chi connectivity index (χ0n) is 13.0. The average molecular weight is 347 g/mol. The second-order valence-corrected chi connectivity index (χ2v) is 5.28. The van der Waals surface area contributed by atoms with Crippen LogP contribution in [0.5, 0.6) is 0 Å². The molecule has 0 unspecified atom stereocenters. The summed E-state index contributed by atoms with van der Waals surface area (Å²) >= 11 is 0. The Morgan fingerprint density at radius 1 is 1.08 bits per heavy atom. The van der Waals surface area contributed by atoms with E-state index in [1.54, 1.807) is 0 Å². The minimum atomic E-state index is -1.70. The van der Waals surface area contributed by atoms with Crippen LogP contribution in [0.25, 0.3) is 11.4 Å². The molecule has 0 aliphatic carbocycles. The molecular formula is C17H12F3N3O2. The van der Waals surface area contributed by atoms with Crippen LogP contribution in [0.2, 0.25) is 0 Å². The third-order valence-electron chi connectivity index (χ3n) is 3.46. The Bertz CT molecular complexity index is 923. The molecule has 0 atom stereocenters. The molecule has 1 N–H and O–H groups in total. The number of benzene rings is 2. The van der Waals surface area contributed by atoms with Crippen molar-refractivity contribution in [3.63, 3.8) is 0 Å². The normalized spacial score (nSPS) is 10.7. The fourth-order valence-corrected chi connectivity index (χ4v) is 2.10. The van der Waals surface area contributed by atoms with E-state index < -0.39 is 28.9 Å². The molecule has 3 aromatic rings. The Balaban J connectivity index is 1.69. The highest BCUT2D eigenvalue weighted by atomic mass is 19.2. The Hall–Kier alpha value is -3.16. The summed E-state index contributed by atoms with van der Waals surface area (Å²) in [5.74, 6) is -5.12. The third kappa shape index (κ3) is 3.52. The number of carbonyl (C=O) groups excluding carboxylic acids is 1. The number of nitrogens with zero attached hydrogens (tertiary/aromatic N) is 2. The number of halogens is 3. The number of hydrogen-bond acceptors (Lipinski definition) is 4. The van der Waals surface area contributed by atoms with Gasteiger partial charge in [0.1, 0.15) is 0 Å². The molecule has 5 nitrogen and oxygen atoms in total. The van der Waals surface area contributed by atoms with Gasteiger partial charge < -0.3 is 9.84 Å². The van der Waals surface area contributed by atoms with Crippen molar-refractivity contribution in [1.29, 1.82) is 0 Å². The van der Waals surface area contributed by atoms with Crippen molar-refractivity contribution >= 4 is 5.91 Å². The number of aryl methyl sites for hydroxylation is 1. The molecule has 3 rings (SSSR count). The molecule has 0 fully saturated rings. The monoisotopic (exact) mass is 347 g/mol. The first-order valence-corrected chi connectivity index (χ1v) is 7.27. The number of carbonyl (C=O) groups is 1. The van der Waals surface area contributed by atoms with Gasteiger partial charge in [-0.3, -0.25) is 4.79 Å². The lowest BCUT2D eigenvalue weighted by Gasteiger charge is -2.04. The molecule has 25 heavy (non-hydrogen) atoms. The van der Waals surface area contributed by atoms with Gasteiger partial charge in [0.05, 0.1) is 12.1 Å². The maximum Gasteiger partial charge on any atom is 0.254 e. The van der Waals surface area contributed by atoms with Crippen molar-refractivity contribution in [2.45, 2.75) is 13.5 Å². The smallest absolute Gasteiger partial charge is 0.254 e. The SMILES string of the molecule is Cc1ccc(-c2noc(CNC(=O)c3ccc(F)c(F)c3F)n2)cc1. The second kappa shape index (κ2) is 6.76. The summed E-state index contributed by atoms with van der Waals surface area (Å²) < 4.78 is 44.6. The Labute approximate surface area is 140 Å². The van der Waals surface area contributed by atoms with Crippen LogP contribution in [0.15, 0.2) is 40.9 Å². The minimum absolute atomic E-state index is 0.0897. The molecule has 8 heteroatoms. The van der Waals surface area contributed by atoms with E-state index in [0.717, 1.165) is 17.2 Å². The van der Waals surface area contributed by atoms with Crippen LogP contribution >= 0.6 is 0 Å². The van der Waals surface area contributed by atoms with E-state index in [9.17, 15) is 18.0 Å². The van der Waals surface area contributed by atoms with Crippen LogP contribution in [-0.2, 0) is 6.54 Å². The van der Waals surface area contributed by atoms with Crippen molar-refractivity contribution in [1.82, 2.24) is 15.5 Å². The molecule has 0 aliphatic rings. The molecule has 0 bridgehead atoms. The number of amides is 1. The quantitative estimate of drug-likeness (QED) is 0.735. The van der Waals surface area contributed by atoms with Crippen molar-refractivity contribution in [2.24, 2.45) is 0 Å². The van der Waals surface area contributed by atoms with Gasteiger partial charge in [0.2, 0.25) is 11.7 Å². The van der Waals surface area contributed by atoms with Gasteiger partial charge in [0.15, 0.2) is 17.5 Å². The number of rotatable bonds is 4. The van der Waals surface area contributed by atoms with Crippen LogP contribution < -0.4 is 5.32 Å². The van der Waals surface area contributed by atoms with Crippen LogP contribution in [-0.4, -0.2) is 16.0 Å². The highest BCUT2D eigenvalue weighted by molar-refractivity contribution is 5.94. The van der Waals surface area contributed by atoms with E-state index in [1.165, 1.54) is 0 Å². The molecule has 128 valence electrons. The summed E-state index contributed by atoms with van der Waals surface area (Å²) in [4.78, 5) is 16.0. The van der Waals surface area contributed by atoms with Crippen molar-refractivity contribution in [3.8, 4) is 11.4 Å². The Morgan fingerprint density at radius 3 is 2.52 bits per heavy atom. The Kier molecular flexibility index (Phi) is 4.51. The second-order valence-electron chi connectivity index (χ2n) is 5.28. The van der Waals surface area contributed by atoms with Crippen LogP contribution in [0.3, 0.4) is 0 Å². The lowest BCUT2D eigenvalue weighted by molar-refractivity contribution is 0.0941. The fraction of sp³-hybridized carbons (Fsp3) is 0.118. The van der Waals surface area contributed by atoms with E-state index in [1.807, 2.05) is 31.2 Å². The lowest BCUT2D eigenvalue weighted by Crippen LogP contribution is -2.24. The van der Waals surface area contributed by atoms with Crippen molar-refractivity contribution in [3.05, 3.63) is 70.9 Å². The van der Waals surface area contributed by atoms with E-state index in [0.29, 0.717) is 11.9 Å². The molecule has 0 spiro atoms. The average Bonchev–Trinajstić information content (AvgIpc) is 3.07. The largest absolute Gasteiger partial charge is 0.343 e. The zero-order chi connectivity index (χ0) is 18.0. The first-order valence-electron chi connectivity index (χ1n) is 7.27. The molecule has 0 saturated carbocycles. The first kappa shape index (κ1) is 16.7. The summed E-state index contributed by atoms with van der Waals surface area (Å²) in [6, 6.07) is 8.95. The molecule has 0 radical (unpaired) electrons. The van der Waals surface area contributed by atoms with Crippen LogP contribution in [0, 0.1) is 24.4 Å².